The summed E-state index contributed by atoms with van der Waals surface area (Å²) in [4.78, 5) is 0. The lowest BCUT2D eigenvalue weighted by Gasteiger charge is -2.18. The molecule has 0 heterocycles. The van der Waals surface area contributed by atoms with Gasteiger partial charge in [-0.1, -0.05) is 30.7 Å². The minimum atomic E-state index is 0.844. The third kappa shape index (κ3) is 3.68. The van der Waals surface area contributed by atoms with Crippen LogP contribution in [0.5, 0.6) is 0 Å². The summed E-state index contributed by atoms with van der Waals surface area (Å²) < 4.78 is 0. The van der Waals surface area contributed by atoms with Gasteiger partial charge in [-0.25, -0.2) is 5.84 Å². The summed E-state index contributed by atoms with van der Waals surface area (Å²) in [5.41, 5.74) is 3.44. The van der Waals surface area contributed by atoms with Gasteiger partial charge in [0.2, 0.25) is 0 Å². The molecule has 0 aliphatic carbocycles. The Morgan fingerprint density at radius 1 is 1.38 bits per heavy atom. The van der Waals surface area contributed by atoms with E-state index in [4.69, 9.17) is 5.84 Å². The summed E-state index contributed by atoms with van der Waals surface area (Å²) in [6, 6.07) is 8.17. The molecule has 88 valence electrons. The second-order valence-corrected chi connectivity index (χ2v) is 4.02. The number of para-hydroxylation sites is 1. The van der Waals surface area contributed by atoms with Crippen molar-refractivity contribution in [1.29, 1.82) is 0 Å². The molecular weight excluding hydrogens is 198 g/mol. The van der Waals surface area contributed by atoms with Gasteiger partial charge in [0.05, 0.1) is 5.69 Å². The van der Waals surface area contributed by atoms with Crippen molar-refractivity contribution in [3.05, 3.63) is 41.6 Å². The van der Waals surface area contributed by atoms with E-state index >= 15 is 0 Å². The number of rotatable bonds is 5. The van der Waals surface area contributed by atoms with E-state index in [1.54, 1.807) is 5.01 Å². The minimum Gasteiger partial charge on any atom is -0.313 e. The van der Waals surface area contributed by atoms with E-state index < -0.39 is 0 Å². The summed E-state index contributed by atoms with van der Waals surface area (Å²) in [7, 11) is 0. The van der Waals surface area contributed by atoms with Crippen LogP contribution in [-0.4, -0.2) is 6.54 Å². The number of nitrogens with zero attached hydrogens (tertiary/aromatic N) is 1. The molecule has 1 rings (SSSR count). The van der Waals surface area contributed by atoms with Crippen LogP contribution < -0.4 is 16.2 Å². The molecule has 0 saturated carbocycles. The first kappa shape index (κ1) is 12.7. The first-order valence-corrected chi connectivity index (χ1v) is 5.62. The molecule has 3 heteroatoms. The van der Waals surface area contributed by atoms with Crippen molar-refractivity contribution < 1.29 is 0 Å². The lowest BCUT2D eigenvalue weighted by atomic mass is 10.1. The van der Waals surface area contributed by atoms with E-state index in [0.29, 0.717) is 0 Å². The maximum absolute atomic E-state index is 6.00. The fourth-order valence-electron chi connectivity index (χ4n) is 1.52. The van der Waals surface area contributed by atoms with Crippen LogP contribution in [0, 0.1) is 0 Å². The number of hydrazine groups is 1. The van der Waals surface area contributed by atoms with Gasteiger partial charge < -0.3 is 5.32 Å². The first-order chi connectivity index (χ1) is 7.65. The van der Waals surface area contributed by atoms with Crippen LogP contribution in [0.3, 0.4) is 0 Å². The van der Waals surface area contributed by atoms with Crippen LogP contribution in [0.4, 0.5) is 5.69 Å². The molecule has 0 spiro atoms. The smallest absolute Gasteiger partial charge is 0.0613 e. The summed E-state index contributed by atoms with van der Waals surface area (Å²) in [6.07, 6.45) is 1.94. The highest BCUT2D eigenvalue weighted by molar-refractivity contribution is 5.54. The molecule has 0 saturated heterocycles. The molecule has 0 aliphatic rings. The molecule has 0 aliphatic heterocycles. The average Bonchev–Trinajstić information content (AvgIpc) is 2.25. The average molecular weight is 219 g/mol. The summed E-state index contributed by atoms with van der Waals surface area (Å²) in [5, 5.41) is 4.99. The standard InChI is InChI=1S/C13H21N3/c1-4-15-9-12-7-5-6-8-13(12)16(14)10-11(2)3/h5-8,10,15H,4,9,14H2,1-3H3. The molecule has 0 radical (unpaired) electrons. The van der Waals surface area contributed by atoms with Crippen molar-refractivity contribution in [3.63, 3.8) is 0 Å². The van der Waals surface area contributed by atoms with E-state index in [-0.39, 0.29) is 0 Å². The van der Waals surface area contributed by atoms with Crippen molar-refractivity contribution in [3.8, 4) is 0 Å². The maximum atomic E-state index is 6.00. The normalized spacial score (nSPS) is 10.0. The highest BCUT2D eigenvalue weighted by atomic mass is 15.4. The Morgan fingerprint density at radius 2 is 2.06 bits per heavy atom. The fraction of sp³-hybridized carbons (Fsp3) is 0.385. The van der Waals surface area contributed by atoms with E-state index in [9.17, 15) is 0 Å². The van der Waals surface area contributed by atoms with Crippen molar-refractivity contribution in [1.82, 2.24) is 5.32 Å². The molecule has 0 unspecified atom stereocenters. The molecule has 0 aromatic heterocycles. The molecule has 1 aromatic carbocycles. The number of nitrogens with two attached hydrogens (primary N) is 1. The van der Waals surface area contributed by atoms with Gasteiger partial charge in [0, 0.05) is 12.7 Å². The third-order valence-electron chi connectivity index (χ3n) is 2.23. The number of hydrogen-bond donors (Lipinski definition) is 2. The molecule has 0 atom stereocenters. The SMILES string of the molecule is CCNCc1ccccc1N(N)C=C(C)C. The zero-order valence-corrected chi connectivity index (χ0v) is 10.3. The van der Waals surface area contributed by atoms with Crippen LogP contribution in [0.1, 0.15) is 26.3 Å². The lowest BCUT2D eigenvalue weighted by molar-refractivity contribution is 0.725. The Balaban J connectivity index is 2.89. The Labute approximate surface area is 97.9 Å². The molecule has 0 fully saturated rings. The minimum absolute atomic E-state index is 0.844. The van der Waals surface area contributed by atoms with Gasteiger partial charge in [-0.3, -0.25) is 5.01 Å². The highest BCUT2D eigenvalue weighted by Crippen LogP contribution is 2.18. The Bertz CT molecular complexity index is 354. The molecular formula is C13H21N3. The monoisotopic (exact) mass is 219 g/mol. The van der Waals surface area contributed by atoms with Crippen LogP contribution in [0.2, 0.25) is 0 Å². The Hall–Kier alpha value is -1.32. The van der Waals surface area contributed by atoms with Gasteiger partial charge in [0.25, 0.3) is 0 Å². The van der Waals surface area contributed by atoms with E-state index in [0.717, 1.165) is 18.8 Å². The lowest BCUT2D eigenvalue weighted by Crippen LogP contribution is -2.26. The van der Waals surface area contributed by atoms with Crippen molar-refractivity contribution >= 4 is 5.69 Å². The first-order valence-electron chi connectivity index (χ1n) is 5.62. The molecule has 3 N–H and O–H groups in total. The van der Waals surface area contributed by atoms with Crippen molar-refractivity contribution in [2.24, 2.45) is 5.84 Å². The Kier molecular flexibility index (Phi) is 5.02. The summed E-state index contributed by atoms with van der Waals surface area (Å²) in [5.74, 6) is 6.00. The predicted molar refractivity (Wildman–Crippen MR) is 69.9 cm³/mol. The van der Waals surface area contributed by atoms with Gasteiger partial charge in [0.15, 0.2) is 0 Å². The number of benzene rings is 1. The van der Waals surface area contributed by atoms with Gasteiger partial charge >= 0.3 is 0 Å². The molecule has 16 heavy (non-hydrogen) atoms. The number of hydrogen-bond acceptors (Lipinski definition) is 3. The molecule has 3 nitrogen and oxygen atoms in total. The van der Waals surface area contributed by atoms with Crippen LogP contribution >= 0.6 is 0 Å². The molecule has 0 amide bonds. The predicted octanol–water partition coefficient (Wildman–Crippen LogP) is 2.40. The quantitative estimate of drug-likeness (QED) is 0.590. The molecule has 1 aromatic rings. The summed E-state index contributed by atoms with van der Waals surface area (Å²) >= 11 is 0. The third-order valence-corrected chi connectivity index (χ3v) is 2.23. The van der Waals surface area contributed by atoms with Crippen LogP contribution in [0.25, 0.3) is 0 Å². The van der Waals surface area contributed by atoms with E-state index in [1.165, 1.54) is 11.1 Å². The van der Waals surface area contributed by atoms with Gasteiger partial charge in [-0.05, 0) is 32.0 Å². The van der Waals surface area contributed by atoms with Gasteiger partial charge in [-0.15, -0.1) is 0 Å². The number of anilines is 1. The number of allylic oxidation sites excluding steroid dienone is 1. The Morgan fingerprint density at radius 3 is 2.69 bits per heavy atom. The highest BCUT2D eigenvalue weighted by Gasteiger charge is 2.04. The van der Waals surface area contributed by atoms with Crippen LogP contribution in [0.15, 0.2) is 36.0 Å². The molecule has 0 bridgehead atoms. The van der Waals surface area contributed by atoms with Crippen LogP contribution in [-0.2, 0) is 6.54 Å². The largest absolute Gasteiger partial charge is 0.313 e. The van der Waals surface area contributed by atoms with Crippen molar-refractivity contribution in [2.45, 2.75) is 27.3 Å². The van der Waals surface area contributed by atoms with E-state index in [2.05, 4.69) is 18.3 Å². The van der Waals surface area contributed by atoms with Gasteiger partial charge in [-0.2, -0.15) is 0 Å². The second kappa shape index (κ2) is 6.30. The van der Waals surface area contributed by atoms with Crippen molar-refractivity contribution in [2.75, 3.05) is 11.6 Å². The van der Waals surface area contributed by atoms with E-state index in [1.807, 2.05) is 38.2 Å². The topological polar surface area (TPSA) is 41.3 Å². The second-order valence-electron chi connectivity index (χ2n) is 4.02. The maximum Gasteiger partial charge on any atom is 0.0613 e. The summed E-state index contributed by atoms with van der Waals surface area (Å²) in [6.45, 7) is 7.97. The number of nitrogens with one attached hydrogen (secondary N) is 1. The fourth-order valence-corrected chi connectivity index (χ4v) is 1.52. The zero-order valence-electron chi connectivity index (χ0n) is 10.3. The zero-order chi connectivity index (χ0) is 12.0. The van der Waals surface area contributed by atoms with Gasteiger partial charge in [0.1, 0.15) is 0 Å².